The molecule has 9 heteroatoms. The Morgan fingerprint density at radius 2 is 1.88 bits per heavy atom. The summed E-state index contributed by atoms with van der Waals surface area (Å²) in [5, 5.41) is 2.99. The summed E-state index contributed by atoms with van der Waals surface area (Å²) < 4.78 is 25.3. The highest BCUT2D eigenvalue weighted by Crippen LogP contribution is 2.36. The number of ether oxygens (including phenoxy) is 2. The third-order valence-corrected chi connectivity index (χ3v) is 5.98. The summed E-state index contributed by atoms with van der Waals surface area (Å²) in [6, 6.07) is 12.6. The number of anilines is 1. The molecule has 170 valence electrons. The van der Waals surface area contributed by atoms with Crippen molar-refractivity contribution in [3.63, 3.8) is 0 Å². The maximum atomic E-state index is 14.3. The van der Waals surface area contributed by atoms with Gasteiger partial charge in [0, 0.05) is 45.1 Å². The van der Waals surface area contributed by atoms with Gasteiger partial charge in [-0.3, -0.25) is 14.7 Å². The van der Waals surface area contributed by atoms with Gasteiger partial charge in [0.1, 0.15) is 11.5 Å². The van der Waals surface area contributed by atoms with Crippen molar-refractivity contribution in [1.29, 1.82) is 0 Å². The highest BCUT2D eigenvalue weighted by Gasteiger charge is 2.28. The first-order valence-electron chi connectivity index (χ1n) is 10.9. The van der Waals surface area contributed by atoms with E-state index in [0.717, 1.165) is 5.56 Å². The largest absolute Gasteiger partial charge is 0.454 e. The van der Waals surface area contributed by atoms with Crippen LogP contribution in [-0.4, -0.2) is 60.3 Å². The molecule has 2 aromatic carbocycles. The van der Waals surface area contributed by atoms with Crippen molar-refractivity contribution in [3.05, 3.63) is 78.1 Å². The Morgan fingerprint density at radius 3 is 2.67 bits per heavy atom. The molecule has 3 heterocycles. The predicted molar refractivity (Wildman–Crippen MR) is 120 cm³/mol. The number of piperazine rings is 1. The van der Waals surface area contributed by atoms with E-state index in [0.29, 0.717) is 49.9 Å². The molecule has 0 radical (unpaired) electrons. The van der Waals surface area contributed by atoms with Crippen LogP contribution in [-0.2, 0) is 0 Å². The van der Waals surface area contributed by atoms with Crippen LogP contribution in [0, 0.1) is 5.82 Å². The second kappa shape index (κ2) is 9.41. The molecular weight excluding hydrogens is 425 g/mol. The van der Waals surface area contributed by atoms with Crippen molar-refractivity contribution >= 4 is 11.6 Å². The lowest BCUT2D eigenvalue weighted by Gasteiger charge is -2.40. The Hall–Kier alpha value is -3.72. The van der Waals surface area contributed by atoms with Crippen LogP contribution >= 0.6 is 0 Å². The van der Waals surface area contributed by atoms with Crippen molar-refractivity contribution < 1.29 is 18.7 Å². The van der Waals surface area contributed by atoms with Crippen LogP contribution in [0.1, 0.15) is 22.1 Å². The minimum atomic E-state index is -0.279. The molecule has 1 amide bonds. The van der Waals surface area contributed by atoms with Crippen molar-refractivity contribution in [2.45, 2.75) is 6.04 Å². The van der Waals surface area contributed by atoms with Crippen LogP contribution in [0.15, 0.2) is 61.1 Å². The van der Waals surface area contributed by atoms with Crippen LogP contribution in [0.25, 0.3) is 0 Å². The molecule has 0 aliphatic carbocycles. The van der Waals surface area contributed by atoms with E-state index in [1.54, 1.807) is 12.1 Å². The summed E-state index contributed by atoms with van der Waals surface area (Å²) in [5.41, 5.74) is 1.90. The zero-order valence-corrected chi connectivity index (χ0v) is 18.0. The molecule has 5 rings (SSSR count). The molecule has 0 bridgehead atoms. The number of aromatic nitrogens is 2. The lowest BCUT2D eigenvalue weighted by atomic mass is 10.0. The summed E-state index contributed by atoms with van der Waals surface area (Å²) in [6.07, 6.45) is 4.46. The molecule has 1 atom stereocenters. The normalized spacial score (nSPS) is 16.5. The van der Waals surface area contributed by atoms with Gasteiger partial charge in [0.25, 0.3) is 5.91 Å². The number of amides is 1. The highest BCUT2D eigenvalue weighted by molar-refractivity contribution is 5.91. The molecule has 8 nitrogen and oxygen atoms in total. The molecular formula is C24H24FN5O3. The fraction of sp³-hybridized carbons (Fsp3) is 0.292. The molecule has 1 unspecified atom stereocenters. The third-order valence-electron chi connectivity index (χ3n) is 5.98. The number of hydrogen-bond donors (Lipinski definition) is 1. The number of carbonyl (C=O) groups is 1. The topological polar surface area (TPSA) is 79.8 Å². The van der Waals surface area contributed by atoms with Gasteiger partial charge >= 0.3 is 0 Å². The Labute approximate surface area is 191 Å². The van der Waals surface area contributed by atoms with E-state index in [9.17, 15) is 9.18 Å². The number of carbonyl (C=O) groups excluding carboxylic acids is 1. The zero-order valence-electron chi connectivity index (χ0n) is 18.0. The van der Waals surface area contributed by atoms with Crippen LogP contribution in [0.2, 0.25) is 0 Å². The van der Waals surface area contributed by atoms with Crippen molar-refractivity contribution in [3.8, 4) is 11.5 Å². The Bertz CT molecular complexity index is 1120. The van der Waals surface area contributed by atoms with E-state index in [1.165, 1.54) is 24.7 Å². The summed E-state index contributed by atoms with van der Waals surface area (Å²) in [4.78, 5) is 25.0. The van der Waals surface area contributed by atoms with Gasteiger partial charge in [-0.15, -0.1) is 0 Å². The van der Waals surface area contributed by atoms with Gasteiger partial charge in [0.15, 0.2) is 11.5 Å². The van der Waals surface area contributed by atoms with Crippen LogP contribution in [0.5, 0.6) is 11.5 Å². The van der Waals surface area contributed by atoms with E-state index in [4.69, 9.17) is 9.47 Å². The van der Waals surface area contributed by atoms with Crippen LogP contribution in [0.4, 0.5) is 10.1 Å². The van der Waals surface area contributed by atoms with Gasteiger partial charge < -0.3 is 19.7 Å². The fourth-order valence-electron chi connectivity index (χ4n) is 4.26. The second-order valence-electron chi connectivity index (χ2n) is 7.90. The van der Waals surface area contributed by atoms with Crippen LogP contribution in [0.3, 0.4) is 0 Å². The van der Waals surface area contributed by atoms with Gasteiger partial charge in [-0.2, -0.15) is 0 Å². The lowest BCUT2D eigenvalue weighted by Crippen LogP contribution is -2.50. The highest BCUT2D eigenvalue weighted by atomic mass is 19.1. The van der Waals surface area contributed by atoms with Gasteiger partial charge in [-0.1, -0.05) is 18.2 Å². The number of halogens is 1. The van der Waals surface area contributed by atoms with Crippen molar-refractivity contribution in [2.75, 3.05) is 44.4 Å². The SMILES string of the molecule is O=C(NCC(c1ccc2c(c1)OCO2)N1CCN(c2ccccc2F)CC1)c1cnccn1. The average molecular weight is 449 g/mol. The quantitative estimate of drug-likeness (QED) is 0.620. The first kappa shape index (κ1) is 21.1. The predicted octanol–water partition coefficient (Wildman–Crippen LogP) is 2.64. The molecule has 33 heavy (non-hydrogen) atoms. The third kappa shape index (κ3) is 4.58. The molecule has 0 spiro atoms. The molecule has 3 aromatic rings. The first-order chi connectivity index (χ1) is 16.2. The Morgan fingerprint density at radius 1 is 1.06 bits per heavy atom. The summed E-state index contributed by atoms with van der Waals surface area (Å²) in [7, 11) is 0. The number of benzene rings is 2. The van der Waals surface area contributed by atoms with E-state index >= 15 is 0 Å². The second-order valence-corrected chi connectivity index (χ2v) is 7.90. The first-order valence-corrected chi connectivity index (χ1v) is 10.9. The lowest BCUT2D eigenvalue weighted by molar-refractivity contribution is 0.0924. The summed E-state index contributed by atoms with van der Waals surface area (Å²) >= 11 is 0. The molecule has 1 saturated heterocycles. The van der Waals surface area contributed by atoms with E-state index < -0.39 is 0 Å². The average Bonchev–Trinajstić information content (AvgIpc) is 3.33. The minimum absolute atomic E-state index is 0.0945. The fourth-order valence-corrected chi connectivity index (χ4v) is 4.26. The zero-order chi connectivity index (χ0) is 22.6. The van der Waals surface area contributed by atoms with Crippen molar-refractivity contribution in [2.24, 2.45) is 0 Å². The van der Waals surface area contributed by atoms with E-state index in [1.807, 2.05) is 24.3 Å². The van der Waals surface area contributed by atoms with Crippen molar-refractivity contribution in [1.82, 2.24) is 20.2 Å². The number of nitrogens with zero attached hydrogens (tertiary/aromatic N) is 4. The van der Waals surface area contributed by atoms with Crippen LogP contribution < -0.4 is 19.7 Å². The van der Waals surface area contributed by atoms with Gasteiger partial charge in [0.05, 0.1) is 17.9 Å². The van der Waals surface area contributed by atoms with E-state index in [-0.39, 0.29) is 30.3 Å². The maximum Gasteiger partial charge on any atom is 0.271 e. The smallest absolute Gasteiger partial charge is 0.271 e. The Balaban J connectivity index is 1.33. The van der Waals surface area contributed by atoms with E-state index in [2.05, 4.69) is 25.1 Å². The number of para-hydroxylation sites is 1. The number of rotatable bonds is 6. The maximum absolute atomic E-state index is 14.3. The number of nitrogens with one attached hydrogen (secondary N) is 1. The number of fused-ring (bicyclic) bond motifs is 1. The molecule has 2 aliphatic heterocycles. The monoisotopic (exact) mass is 449 g/mol. The molecule has 2 aliphatic rings. The summed E-state index contributed by atoms with van der Waals surface area (Å²) in [5.74, 6) is 0.918. The van der Waals surface area contributed by atoms with Gasteiger partial charge in [-0.25, -0.2) is 9.37 Å². The standard InChI is InChI=1S/C24H24FN5O3/c25-18-3-1-2-4-20(18)29-9-11-30(12-10-29)21(15-28-24(31)19-14-26-7-8-27-19)17-5-6-22-23(13-17)33-16-32-22/h1-8,13-14,21H,9-12,15-16H2,(H,28,31). The van der Waals surface area contributed by atoms with Gasteiger partial charge in [-0.05, 0) is 29.8 Å². The van der Waals surface area contributed by atoms with Gasteiger partial charge in [0.2, 0.25) is 6.79 Å². The molecule has 1 N–H and O–H groups in total. The number of hydrogen-bond acceptors (Lipinski definition) is 7. The molecule has 1 fully saturated rings. The molecule has 1 aromatic heterocycles. The minimum Gasteiger partial charge on any atom is -0.454 e. The Kier molecular flexibility index (Phi) is 6.03. The summed E-state index contributed by atoms with van der Waals surface area (Å²) in [6.45, 7) is 3.38. The molecule has 0 saturated carbocycles.